The minimum absolute atomic E-state index is 0.685. The Bertz CT molecular complexity index is 1030. The third-order valence-electron chi connectivity index (χ3n) is 4.84. The molecule has 0 aliphatic carbocycles. The zero-order valence-electron chi connectivity index (χ0n) is 17.1. The van der Waals surface area contributed by atoms with E-state index in [4.69, 9.17) is 4.74 Å². The highest BCUT2D eigenvalue weighted by molar-refractivity contribution is 5.78. The Morgan fingerprint density at radius 1 is 0.567 bits per heavy atom. The second-order valence-electron chi connectivity index (χ2n) is 6.93. The number of hydrogen-bond donors (Lipinski definition) is 0. The van der Waals surface area contributed by atoms with Gasteiger partial charge in [-0.3, -0.25) is 0 Å². The normalized spacial score (nSPS) is 10.8. The smallest absolute Gasteiger partial charge is 0.119 e. The number of hydrogen-bond acceptors (Lipinski definition) is 2. The Morgan fingerprint density at radius 2 is 1.00 bits per heavy atom. The van der Waals surface area contributed by atoms with Crippen molar-refractivity contribution in [2.24, 2.45) is 0 Å². The van der Waals surface area contributed by atoms with Gasteiger partial charge in [-0.25, -0.2) is 0 Å². The summed E-state index contributed by atoms with van der Waals surface area (Å²) in [5.41, 5.74) is 5.72. The number of nitrogens with zero attached hydrogens (tertiary/aromatic N) is 1. The van der Waals surface area contributed by atoms with Crippen LogP contribution in [-0.4, -0.2) is 6.61 Å². The van der Waals surface area contributed by atoms with E-state index in [0.717, 1.165) is 33.9 Å². The van der Waals surface area contributed by atoms with Gasteiger partial charge in [0.25, 0.3) is 0 Å². The van der Waals surface area contributed by atoms with Crippen LogP contribution in [0.3, 0.4) is 0 Å². The molecule has 2 heteroatoms. The van der Waals surface area contributed by atoms with E-state index in [-0.39, 0.29) is 0 Å². The van der Waals surface area contributed by atoms with Crippen LogP contribution in [-0.2, 0) is 0 Å². The van der Waals surface area contributed by atoms with Crippen molar-refractivity contribution in [2.75, 3.05) is 11.5 Å². The van der Waals surface area contributed by atoms with E-state index in [1.165, 1.54) is 0 Å². The highest BCUT2D eigenvalue weighted by Crippen LogP contribution is 2.34. The molecule has 0 atom stereocenters. The number of ether oxygens (including phenoxy) is 1. The summed E-state index contributed by atoms with van der Waals surface area (Å²) in [5, 5.41) is 0. The maximum atomic E-state index is 5.50. The summed E-state index contributed by atoms with van der Waals surface area (Å²) in [6.45, 7) is 2.68. The van der Waals surface area contributed by atoms with Crippen LogP contribution in [0.5, 0.6) is 5.75 Å². The zero-order valence-corrected chi connectivity index (χ0v) is 17.1. The standard InChI is InChI=1S/C28H25NO/c1-2-30-28-21-17-24(18-22-28)14-13-23-15-19-27(20-16-23)29(25-9-5-3-6-10-25)26-11-7-4-8-12-26/h3-22H,2H2,1H3. The Hall–Kier alpha value is -3.78. The van der Waals surface area contributed by atoms with Crippen LogP contribution in [0.25, 0.3) is 12.2 Å². The van der Waals surface area contributed by atoms with Crippen LogP contribution in [0.1, 0.15) is 18.1 Å². The van der Waals surface area contributed by atoms with Gasteiger partial charge in [-0.05, 0) is 66.6 Å². The van der Waals surface area contributed by atoms with Crippen molar-refractivity contribution < 1.29 is 4.74 Å². The average Bonchev–Trinajstić information content (AvgIpc) is 2.81. The molecule has 2 nitrogen and oxygen atoms in total. The predicted molar refractivity (Wildman–Crippen MR) is 128 cm³/mol. The monoisotopic (exact) mass is 391 g/mol. The second-order valence-corrected chi connectivity index (χ2v) is 6.93. The molecule has 0 radical (unpaired) electrons. The molecule has 0 N–H and O–H groups in total. The number of rotatable bonds is 7. The van der Waals surface area contributed by atoms with Gasteiger partial charge in [0.15, 0.2) is 0 Å². The first-order chi connectivity index (χ1) is 14.8. The Balaban J connectivity index is 1.56. The maximum Gasteiger partial charge on any atom is 0.119 e. The van der Waals surface area contributed by atoms with Gasteiger partial charge in [0.2, 0.25) is 0 Å². The molecule has 4 aromatic rings. The van der Waals surface area contributed by atoms with Gasteiger partial charge in [0.05, 0.1) is 6.61 Å². The summed E-state index contributed by atoms with van der Waals surface area (Å²) in [4.78, 5) is 2.26. The summed E-state index contributed by atoms with van der Waals surface area (Å²) in [5.74, 6) is 0.904. The van der Waals surface area contributed by atoms with E-state index in [1.54, 1.807) is 0 Å². The molecule has 148 valence electrons. The number of para-hydroxylation sites is 2. The molecule has 0 aliphatic rings. The third kappa shape index (κ3) is 4.79. The molecule has 0 amide bonds. The highest BCUT2D eigenvalue weighted by Gasteiger charge is 2.11. The van der Waals surface area contributed by atoms with E-state index in [9.17, 15) is 0 Å². The van der Waals surface area contributed by atoms with Gasteiger partial charge < -0.3 is 9.64 Å². The molecule has 30 heavy (non-hydrogen) atoms. The van der Waals surface area contributed by atoms with Crippen molar-refractivity contribution >= 4 is 29.2 Å². The molecule has 0 unspecified atom stereocenters. The van der Waals surface area contributed by atoms with Gasteiger partial charge in [-0.2, -0.15) is 0 Å². The molecular formula is C28H25NO. The second kappa shape index (κ2) is 9.62. The Labute approximate surface area is 178 Å². The van der Waals surface area contributed by atoms with Crippen molar-refractivity contribution in [3.8, 4) is 5.75 Å². The zero-order chi connectivity index (χ0) is 20.6. The quantitative estimate of drug-likeness (QED) is 0.299. The van der Waals surface area contributed by atoms with Crippen LogP contribution < -0.4 is 9.64 Å². The number of anilines is 3. The SMILES string of the molecule is CCOc1ccc(C=Cc2ccc(N(c3ccccc3)c3ccccc3)cc2)cc1. The average molecular weight is 392 g/mol. The maximum absolute atomic E-state index is 5.50. The van der Waals surface area contributed by atoms with Crippen molar-refractivity contribution in [1.29, 1.82) is 0 Å². The Morgan fingerprint density at radius 3 is 1.47 bits per heavy atom. The fraction of sp³-hybridized carbons (Fsp3) is 0.0714. The van der Waals surface area contributed by atoms with Crippen LogP contribution in [0.15, 0.2) is 109 Å². The molecule has 4 aromatic carbocycles. The molecule has 0 heterocycles. The summed E-state index contributed by atoms with van der Waals surface area (Å²) in [7, 11) is 0. The summed E-state index contributed by atoms with van der Waals surface area (Å²) in [6.07, 6.45) is 4.26. The molecule has 0 bridgehead atoms. The van der Waals surface area contributed by atoms with Gasteiger partial charge >= 0.3 is 0 Å². The van der Waals surface area contributed by atoms with Gasteiger partial charge in [-0.15, -0.1) is 0 Å². The predicted octanol–water partition coefficient (Wildman–Crippen LogP) is 7.73. The van der Waals surface area contributed by atoms with Crippen LogP contribution in [0, 0.1) is 0 Å². The van der Waals surface area contributed by atoms with Gasteiger partial charge in [0.1, 0.15) is 5.75 Å². The lowest BCUT2D eigenvalue weighted by molar-refractivity contribution is 0.340. The molecule has 0 spiro atoms. The molecule has 0 fully saturated rings. The first kappa shape index (κ1) is 19.5. The summed E-state index contributed by atoms with van der Waals surface area (Å²) in [6, 6.07) is 37.7. The Kier molecular flexibility index (Phi) is 6.26. The minimum atomic E-state index is 0.685. The van der Waals surface area contributed by atoms with Crippen LogP contribution >= 0.6 is 0 Å². The van der Waals surface area contributed by atoms with E-state index in [0.29, 0.717) is 6.61 Å². The fourth-order valence-corrected chi connectivity index (χ4v) is 3.37. The molecule has 4 rings (SSSR count). The first-order valence-corrected chi connectivity index (χ1v) is 10.2. The first-order valence-electron chi connectivity index (χ1n) is 10.2. The lowest BCUT2D eigenvalue weighted by Gasteiger charge is -2.25. The number of benzene rings is 4. The van der Waals surface area contributed by atoms with E-state index in [2.05, 4.69) is 102 Å². The summed E-state index contributed by atoms with van der Waals surface area (Å²) >= 11 is 0. The van der Waals surface area contributed by atoms with E-state index < -0.39 is 0 Å². The lowest BCUT2D eigenvalue weighted by atomic mass is 10.1. The minimum Gasteiger partial charge on any atom is -0.494 e. The highest BCUT2D eigenvalue weighted by atomic mass is 16.5. The van der Waals surface area contributed by atoms with Crippen molar-refractivity contribution in [1.82, 2.24) is 0 Å². The van der Waals surface area contributed by atoms with Gasteiger partial charge in [0, 0.05) is 17.1 Å². The fourth-order valence-electron chi connectivity index (χ4n) is 3.37. The largest absolute Gasteiger partial charge is 0.494 e. The van der Waals surface area contributed by atoms with Crippen LogP contribution in [0.4, 0.5) is 17.1 Å². The van der Waals surface area contributed by atoms with Crippen molar-refractivity contribution in [2.45, 2.75) is 6.92 Å². The molecule has 0 saturated carbocycles. The van der Waals surface area contributed by atoms with Gasteiger partial charge in [-0.1, -0.05) is 72.8 Å². The molecule has 0 aromatic heterocycles. The van der Waals surface area contributed by atoms with Crippen LogP contribution in [0.2, 0.25) is 0 Å². The summed E-state index contributed by atoms with van der Waals surface area (Å²) < 4.78 is 5.50. The topological polar surface area (TPSA) is 12.5 Å². The molecular weight excluding hydrogens is 366 g/mol. The van der Waals surface area contributed by atoms with E-state index in [1.807, 2.05) is 31.2 Å². The molecule has 0 aliphatic heterocycles. The third-order valence-corrected chi connectivity index (χ3v) is 4.84. The van der Waals surface area contributed by atoms with Crippen molar-refractivity contribution in [3.63, 3.8) is 0 Å². The molecule has 0 saturated heterocycles. The lowest BCUT2D eigenvalue weighted by Crippen LogP contribution is -2.09. The van der Waals surface area contributed by atoms with E-state index >= 15 is 0 Å². The van der Waals surface area contributed by atoms with Crippen molar-refractivity contribution in [3.05, 3.63) is 120 Å².